The molecule has 0 fully saturated rings. The number of benzene rings is 2. The van der Waals surface area contributed by atoms with Crippen molar-refractivity contribution in [2.24, 2.45) is 0 Å². The normalized spacial score (nSPS) is 10.3. The van der Waals surface area contributed by atoms with Crippen LogP contribution in [0.1, 0.15) is 15.9 Å². The monoisotopic (exact) mass is 416 g/mol. The van der Waals surface area contributed by atoms with Crippen LogP contribution in [0.4, 0.5) is 4.39 Å². The second-order valence-electron chi connectivity index (χ2n) is 4.11. The van der Waals surface area contributed by atoms with Crippen LogP contribution in [-0.4, -0.2) is 20.0 Å². The summed E-state index contributed by atoms with van der Waals surface area (Å²) >= 11 is 6.51. The summed E-state index contributed by atoms with van der Waals surface area (Å²) in [7, 11) is 2.97. The van der Waals surface area contributed by atoms with Crippen LogP contribution in [0.5, 0.6) is 11.5 Å². The van der Waals surface area contributed by atoms with Crippen molar-refractivity contribution >= 4 is 37.6 Å². The Morgan fingerprint density at radius 2 is 1.67 bits per heavy atom. The van der Waals surface area contributed by atoms with Gasteiger partial charge >= 0.3 is 0 Å². The Labute approximate surface area is 138 Å². The SMILES string of the molecule is COc1cc(Br)c(C(=O)c2c(F)cccc2Br)cc1OC. The van der Waals surface area contributed by atoms with Gasteiger partial charge in [-0.3, -0.25) is 4.79 Å². The number of rotatable bonds is 4. The van der Waals surface area contributed by atoms with Gasteiger partial charge in [-0.25, -0.2) is 4.39 Å². The highest BCUT2D eigenvalue weighted by Gasteiger charge is 2.21. The highest BCUT2D eigenvalue weighted by molar-refractivity contribution is 9.11. The third kappa shape index (κ3) is 3.11. The van der Waals surface area contributed by atoms with Crippen molar-refractivity contribution in [3.63, 3.8) is 0 Å². The first-order valence-corrected chi connectivity index (χ1v) is 7.48. The highest BCUT2D eigenvalue weighted by Crippen LogP contribution is 2.35. The third-order valence-corrected chi connectivity index (χ3v) is 4.22. The largest absolute Gasteiger partial charge is 0.493 e. The molecule has 0 heterocycles. The Hall–Kier alpha value is -1.40. The van der Waals surface area contributed by atoms with Gasteiger partial charge in [0, 0.05) is 14.5 Å². The molecule has 0 aliphatic rings. The molecule has 0 amide bonds. The van der Waals surface area contributed by atoms with Crippen molar-refractivity contribution in [1.29, 1.82) is 0 Å². The maximum atomic E-state index is 13.9. The second kappa shape index (κ2) is 6.58. The number of methoxy groups -OCH3 is 2. The van der Waals surface area contributed by atoms with Crippen LogP contribution in [0, 0.1) is 5.82 Å². The Morgan fingerprint density at radius 1 is 1.05 bits per heavy atom. The molecule has 0 saturated heterocycles. The lowest BCUT2D eigenvalue weighted by atomic mass is 10.0. The van der Waals surface area contributed by atoms with E-state index < -0.39 is 11.6 Å². The van der Waals surface area contributed by atoms with E-state index in [1.54, 1.807) is 12.1 Å². The molecule has 0 bridgehead atoms. The fourth-order valence-electron chi connectivity index (χ4n) is 1.88. The van der Waals surface area contributed by atoms with E-state index in [1.807, 2.05) is 0 Å². The van der Waals surface area contributed by atoms with E-state index in [9.17, 15) is 9.18 Å². The lowest BCUT2D eigenvalue weighted by Gasteiger charge is -2.12. The molecule has 21 heavy (non-hydrogen) atoms. The van der Waals surface area contributed by atoms with Gasteiger partial charge in [0.05, 0.1) is 19.8 Å². The van der Waals surface area contributed by atoms with E-state index in [4.69, 9.17) is 9.47 Å². The average Bonchev–Trinajstić information content (AvgIpc) is 2.46. The Kier molecular flexibility index (Phi) is 5.00. The number of ketones is 1. The van der Waals surface area contributed by atoms with Gasteiger partial charge in [0.2, 0.25) is 0 Å². The predicted octanol–water partition coefficient (Wildman–Crippen LogP) is 4.60. The van der Waals surface area contributed by atoms with Gasteiger partial charge in [0.25, 0.3) is 0 Å². The summed E-state index contributed by atoms with van der Waals surface area (Å²) in [4.78, 5) is 12.6. The van der Waals surface area contributed by atoms with Crippen LogP contribution in [-0.2, 0) is 0 Å². The van der Waals surface area contributed by atoms with E-state index in [1.165, 1.54) is 32.4 Å². The van der Waals surface area contributed by atoms with E-state index in [0.29, 0.717) is 26.0 Å². The molecule has 2 aromatic carbocycles. The highest BCUT2D eigenvalue weighted by atomic mass is 79.9. The molecule has 2 rings (SSSR count). The molecule has 0 spiro atoms. The first-order chi connectivity index (χ1) is 9.99. The Balaban J connectivity index is 2.59. The molecular weight excluding hydrogens is 407 g/mol. The summed E-state index contributed by atoms with van der Waals surface area (Å²) in [5.74, 6) is -0.158. The molecule has 0 radical (unpaired) electrons. The van der Waals surface area contributed by atoms with Crippen molar-refractivity contribution in [1.82, 2.24) is 0 Å². The standard InChI is InChI=1S/C15H11Br2FO3/c1-20-12-6-8(10(17)7-13(12)21-2)15(19)14-9(16)4-3-5-11(14)18/h3-7H,1-2H3. The number of carbonyl (C=O) groups is 1. The van der Waals surface area contributed by atoms with Gasteiger partial charge in [0.1, 0.15) is 5.82 Å². The zero-order chi connectivity index (χ0) is 15.6. The molecule has 0 aliphatic heterocycles. The van der Waals surface area contributed by atoms with Crippen LogP contribution in [0.2, 0.25) is 0 Å². The first kappa shape index (κ1) is 16.0. The van der Waals surface area contributed by atoms with Gasteiger partial charge in [-0.15, -0.1) is 0 Å². The minimum atomic E-state index is -0.587. The Morgan fingerprint density at radius 3 is 2.24 bits per heavy atom. The van der Waals surface area contributed by atoms with Gasteiger partial charge in [-0.1, -0.05) is 6.07 Å². The van der Waals surface area contributed by atoms with Crippen LogP contribution < -0.4 is 9.47 Å². The number of carbonyl (C=O) groups excluding carboxylic acids is 1. The molecule has 0 aromatic heterocycles. The van der Waals surface area contributed by atoms with Crippen LogP contribution in [0.3, 0.4) is 0 Å². The van der Waals surface area contributed by atoms with Gasteiger partial charge < -0.3 is 9.47 Å². The summed E-state index contributed by atoms with van der Waals surface area (Å²) in [5, 5.41) is 0. The Bertz CT molecular complexity index is 681. The lowest BCUT2D eigenvalue weighted by molar-refractivity contribution is 0.103. The fourth-order valence-corrected chi connectivity index (χ4v) is 2.90. The van der Waals surface area contributed by atoms with Crippen molar-refractivity contribution < 1.29 is 18.7 Å². The number of hydrogen-bond acceptors (Lipinski definition) is 3. The second-order valence-corrected chi connectivity index (χ2v) is 5.82. The van der Waals surface area contributed by atoms with E-state index >= 15 is 0 Å². The smallest absolute Gasteiger partial charge is 0.198 e. The molecule has 0 aliphatic carbocycles. The summed E-state index contributed by atoms with van der Waals surface area (Å²) < 4.78 is 25.2. The first-order valence-electron chi connectivity index (χ1n) is 5.89. The van der Waals surface area contributed by atoms with Crippen molar-refractivity contribution in [3.05, 3.63) is 56.2 Å². The van der Waals surface area contributed by atoms with Crippen molar-refractivity contribution in [2.45, 2.75) is 0 Å². The molecular formula is C15H11Br2FO3. The van der Waals surface area contributed by atoms with Crippen LogP contribution in [0.25, 0.3) is 0 Å². The quantitative estimate of drug-likeness (QED) is 0.682. The van der Waals surface area contributed by atoms with E-state index in [-0.39, 0.29) is 5.56 Å². The summed E-state index contributed by atoms with van der Waals surface area (Å²) in [6, 6.07) is 7.52. The minimum Gasteiger partial charge on any atom is -0.493 e. The number of ether oxygens (including phenoxy) is 2. The van der Waals surface area contributed by atoms with Crippen molar-refractivity contribution in [3.8, 4) is 11.5 Å². The predicted molar refractivity (Wildman–Crippen MR) is 84.8 cm³/mol. The zero-order valence-corrected chi connectivity index (χ0v) is 14.4. The topological polar surface area (TPSA) is 35.5 Å². The third-order valence-electron chi connectivity index (χ3n) is 2.91. The van der Waals surface area contributed by atoms with Crippen LogP contribution in [0.15, 0.2) is 39.3 Å². The molecule has 3 nitrogen and oxygen atoms in total. The van der Waals surface area contributed by atoms with Crippen LogP contribution >= 0.6 is 31.9 Å². The van der Waals surface area contributed by atoms with Gasteiger partial charge in [0.15, 0.2) is 17.3 Å². The molecule has 6 heteroatoms. The molecule has 0 saturated carbocycles. The fraction of sp³-hybridized carbons (Fsp3) is 0.133. The maximum absolute atomic E-state index is 13.9. The minimum absolute atomic E-state index is 0.0228. The molecule has 0 unspecified atom stereocenters. The molecule has 2 aromatic rings. The van der Waals surface area contributed by atoms with E-state index in [0.717, 1.165) is 0 Å². The summed E-state index contributed by atoms with van der Waals surface area (Å²) in [6.45, 7) is 0. The zero-order valence-electron chi connectivity index (χ0n) is 11.2. The molecule has 110 valence electrons. The number of halogens is 3. The van der Waals surface area contributed by atoms with Crippen molar-refractivity contribution in [2.75, 3.05) is 14.2 Å². The summed E-state index contributed by atoms with van der Waals surface area (Å²) in [5.41, 5.74) is 0.267. The van der Waals surface area contributed by atoms with E-state index in [2.05, 4.69) is 31.9 Å². The number of hydrogen-bond donors (Lipinski definition) is 0. The molecule has 0 N–H and O–H groups in total. The lowest BCUT2D eigenvalue weighted by Crippen LogP contribution is -2.07. The average molecular weight is 418 g/mol. The summed E-state index contributed by atoms with van der Waals surface area (Å²) in [6.07, 6.45) is 0. The van der Waals surface area contributed by atoms with Gasteiger partial charge in [-0.05, 0) is 56.1 Å². The van der Waals surface area contributed by atoms with Gasteiger partial charge in [-0.2, -0.15) is 0 Å². The molecule has 0 atom stereocenters. The maximum Gasteiger partial charge on any atom is 0.198 e.